The molecule has 2 aromatic carbocycles. The van der Waals surface area contributed by atoms with Crippen LogP contribution in [0.5, 0.6) is 5.75 Å². The highest BCUT2D eigenvalue weighted by molar-refractivity contribution is 5.96. The van der Waals surface area contributed by atoms with Gasteiger partial charge in [-0.05, 0) is 50.5 Å². The number of piperidine rings is 1. The molecule has 2 heterocycles. The molecule has 2 aromatic rings. The van der Waals surface area contributed by atoms with Crippen molar-refractivity contribution in [2.75, 3.05) is 49.7 Å². The Labute approximate surface area is 199 Å². The van der Waals surface area contributed by atoms with Gasteiger partial charge in [-0.1, -0.05) is 18.2 Å². The molecule has 2 saturated heterocycles. The number of benzene rings is 2. The summed E-state index contributed by atoms with van der Waals surface area (Å²) in [5.74, 6) is 0.0934. The van der Waals surface area contributed by atoms with Crippen molar-refractivity contribution >= 4 is 23.2 Å². The van der Waals surface area contributed by atoms with E-state index in [1.807, 2.05) is 37.3 Å². The van der Waals surface area contributed by atoms with E-state index >= 15 is 0 Å². The molecular weight excluding hydrogens is 437 g/mol. The summed E-state index contributed by atoms with van der Waals surface area (Å²) in [7, 11) is 0. The molecule has 4 rings (SSSR count). The molecule has 0 saturated carbocycles. The van der Waals surface area contributed by atoms with Crippen LogP contribution in [0.4, 0.5) is 15.8 Å². The van der Waals surface area contributed by atoms with Crippen LogP contribution >= 0.6 is 0 Å². The van der Waals surface area contributed by atoms with E-state index in [-0.39, 0.29) is 17.3 Å². The normalized spacial score (nSPS) is 17.8. The highest BCUT2D eigenvalue weighted by atomic mass is 19.1. The molecule has 1 amide bonds. The molecule has 0 atom stereocenters. The average molecular weight is 470 g/mol. The number of phenolic OH excluding ortho intramolecular Hbond substituents is 1. The average Bonchev–Trinajstić information content (AvgIpc) is 3.16. The summed E-state index contributed by atoms with van der Waals surface area (Å²) in [6, 6.07) is 13.7. The van der Waals surface area contributed by atoms with Gasteiger partial charge in [0.25, 0.3) is 0 Å². The molecule has 0 aliphatic carbocycles. The SMILES string of the molecule is CCOCCCN=C(Nc1cc(F)ccc1O)N1CCC2(CC1)C(=O)NCN2c1ccccc1. The van der Waals surface area contributed by atoms with Crippen LogP contribution in [0.25, 0.3) is 0 Å². The molecule has 0 radical (unpaired) electrons. The molecule has 9 heteroatoms. The first-order chi connectivity index (χ1) is 16.5. The number of hydrogen-bond acceptors (Lipinski definition) is 5. The monoisotopic (exact) mass is 469 g/mol. The minimum Gasteiger partial charge on any atom is -0.506 e. The molecule has 2 aliphatic rings. The molecule has 182 valence electrons. The number of ether oxygens (including phenoxy) is 1. The number of nitrogens with zero attached hydrogens (tertiary/aromatic N) is 3. The quantitative estimate of drug-likeness (QED) is 0.250. The number of anilines is 2. The number of phenols is 1. The molecule has 1 spiro atoms. The number of rotatable bonds is 7. The minimum atomic E-state index is -0.612. The molecule has 2 aliphatic heterocycles. The second kappa shape index (κ2) is 10.7. The summed E-state index contributed by atoms with van der Waals surface area (Å²) in [4.78, 5) is 21.9. The lowest BCUT2D eigenvalue weighted by Crippen LogP contribution is -2.58. The Hall–Kier alpha value is -3.33. The minimum absolute atomic E-state index is 0.0435. The van der Waals surface area contributed by atoms with Crippen molar-refractivity contribution in [2.45, 2.75) is 31.7 Å². The van der Waals surface area contributed by atoms with Gasteiger partial charge >= 0.3 is 0 Å². The van der Waals surface area contributed by atoms with Gasteiger partial charge in [-0.2, -0.15) is 0 Å². The number of likely N-dealkylation sites (tertiary alicyclic amines) is 1. The van der Waals surface area contributed by atoms with Crippen LogP contribution < -0.4 is 15.5 Å². The van der Waals surface area contributed by atoms with Gasteiger partial charge in [0, 0.05) is 44.6 Å². The van der Waals surface area contributed by atoms with Crippen molar-refractivity contribution < 1.29 is 19.0 Å². The smallest absolute Gasteiger partial charge is 0.247 e. The molecule has 0 unspecified atom stereocenters. The van der Waals surface area contributed by atoms with Gasteiger partial charge in [0.2, 0.25) is 5.91 Å². The Kier molecular flexibility index (Phi) is 7.52. The fraction of sp³-hybridized carbons (Fsp3) is 0.440. The number of nitrogens with one attached hydrogen (secondary N) is 2. The summed E-state index contributed by atoms with van der Waals surface area (Å²) in [6.45, 7) is 5.39. The van der Waals surface area contributed by atoms with Crippen LogP contribution in [0, 0.1) is 5.82 Å². The fourth-order valence-electron chi connectivity index (χ4n) is 4.56. The van der Waals surface area contributed by atoms with E-state index in [9.17, 15) is 14.3 Å². The lowest BCUT2D eigenvalue weighted by atomic mass is 9.85. The summed E-state index contributed by atoms with van der Waals surface area (Å²) in [6.07, 6.45) is 1.97. The Morgan fingerprint density at radius 1 is 1.24 bits per heavy atom. The van der Waals surface area contributed by atoms with Gasteiger partial charge < -0.3 is 30.3 Å². The van der Waals surface area contributed by atoms with E-state index in [1.54, 1.807) is 0 Å². The Morgan fingerprint density at radius 3 is 2.74 bits per heavy atom. The van der Waals surface area contributed by atoms with E-state index in [4.69, 9.17) is 9.73 Å². The maximum atomic E-state index is 13.8. The Balaban J connectivity index is 1.51. The van der Waals surface area contributed by atoms with Crippen LogP contribution in [0.2, 0.25) is 0 Å². The number of halogens is 1. The van der Waals surface area contributed by atoms with Crippen LogP contribution in [0.15, 0.2) is 53.5 Å². The summed E-state index contributed by atoms with van der Waals surface area (Å²) >= 11 is 0. The Bertz CT molecular complexity index is 1010. The lowest BCUT2D eigenvalue weighted by molar-refractivity contribution is -0.124. The topological polar surface area (TPSA) is 89.4 Å². The van der Waals surface area contributed by atoms with Gasteiger partial charge in [0.15, 0.2) is 5.96 Å². The predicted molar refractivity (Wildman–Crippen MR) is 131 cm³/mol. The zero-order valence-electron chi connectivity index (χ0n) is 19.5. The van der Waals surface area contributed by atoms with Crippen molar-refractivity contribution in [3.63, 3.8) is 0 Å². The Morgan fingerprint density at radius 2 is 2.00 bits per heavy atom. The number of aromatic hydroxyl groups is 1. The number of para-hydroxylation sites is 1. The fourth-order valence-corrected chi connectivity index (χ4v) is 4.56. The molecule has 34 heavy (non-hydrogen) atoms. The number of amides is 1. The van der Waals surface area contributed by atoms with Crippen molar-refractivity contribution in [3.8, 4) is 5.75 Å². The standard InChI is InChI=1S/C25H32FN5O3/c1-2-34-16-6-13-27-24(29-21-17-19(26)9-10-22(21)32)30-14-11-25(12-15-30)23(33)28-18-31(25)20-7-4-3-5-8-20/h3-5,7-10,17,32H,2,6,11-16,18H2,1H3,(H,27,29)(H,28,33). The lowest BCUT2D eigenvalue weighted by Gasteiger charge is -2.44. The van der Waals surface area contributed by atoms with E-state index in [2.05, 4.69) is 20.4 Å². The maximum absolute atomic E-state index is 13.8. The van der Waals surface area contributed by atoms with Gasteiger partial charge in [0.05, 0.1) is 12.4 Å². The number of hydrogen-bond donors (Lipinski definition) is 3. The van der Waals surface area contributed by atoms with E-state index < -0.39 is 11.4 Å². The van der Waals surface area contributed by atoms with E-state index in [1.165, 1.54) is 18.2 Å². The molecule has 0 aromatic heterocycles. The van der Waals surface area contributed by atoms with Crippen LogP contribution in [0.3, 0.4) is 0 Å². The summed E-state index contributed by atoms with van der Waals surface area (Å²) in [5.41, 5.74) is 0.661. The molecule has 2 fully saturated rings. The number of carbonyl (C=O) groups excluding carboxylic acids is 1. The van der Waals surface area contributed by atoms with Crippen molar-refractivity contribution in [1.29, 1.82) is 0 Å². The number of aliphatic imine (C=N–C) groups is 1. The van der Waals surface area contributed by atoms with Crippen LogP contribution in [-0.2, 0) is 9.53 Å². The largest absolute Gasteiger partial charge is 0.506 e. The molecule has 8 nitrogen and oxygen atoms in total. The molecule has 3 N–H and O–H groups in total. The zero-order chi connectivity index (χ0) is 24.0. The summed E-state index contributed by atoms with van der Waals surface area (Å²) in [5, 5.41) is 16.3. The second-order valence-electron chi connectivity index (χ2n) is 8.49. The van der Waals surface area contributed by atoms with Gasteiger partial charge in [-0.15, -0.1) is 0 Å². The third-order valence-corrected chi connectivity index (χ3v) is 6.41. The van der Waals surface area contributed by atoms with Crippen LogP contribution in [-0.4, -0.2) is 66.9 Å². The van der Waals surface area contributed by atoms with Crippen molar-refractivity contribution in [3.05, 3.63) is 54.3 Å². The van der Waals surface area contributed by atoms with E-state index in [0.29, 0.717) is 58.3 Å². The number of guanidine groups is 1. The first-order valence-electron chi connectivity index (χ1n) is 11.8. The first kappa shape index (κ1) is 23.8. The molecular formula is C25H32FN5O3. The number of carbonyl (C=O) groups is 1. The van der Waals surface area contributed by atoms with Gasteiger partial charge in [-0.25, -0.2) is 4.39 Å². The first-order valence-corrected chi connectivity index (χ1v) is 11.8. The van der Waals surface area contributed by atoms with Crippen molar-refractivity contribution in [2.24, 2.45) is 4.99 Å². The predicted octanol–water partition coefficient (Wildman–Crippen LogP) is 3.15. The maximum Gasteiger partial charge on any atom is 0.247 e. The highest BCUT2D eigenvalue weighted by Gasteiger charge is 2.50. The highest BCUT2D eigenvalue weighted by Crippen LogP contribution is 2.36. The zero-order valence-corrected chi connectivity index (χ0v) is 19.5. The van der Waals surface area contributed by atoms with Crippen LogP contribution in [0.1, 0.15) is 26.2 Å². The van der Waals surface area contributed by atoms with Gasteiger partial charge in [0.1, 0.15) is 17.1 Å². The van der Waals surface area contributed by atoms with E-state index in [0.717, 1.165) is 12.1 Å². The van der Waals surface area contributed by atoms with Gasteiger partial charge in [-0.3, -0.25) is 9.79 Å². The molecule has 0 bridgehead atoms. The van der Waals surface area contributed by atoms with Crippen molar-refractivity contribution in [1.82, 2.24) is 10.2 Å². The third-order valence-electron chi connectivity index (χ3n) is 6.41. The third kappa shape index (κ3) is 5.09. The second-order valence-corrected chi connectivity index (χ2v) is 8.49. The summed E-state index contributed by atoms with van der Waals surface area (Å²) < 4.78 is 19.2.